The monoisotopic (exact) mass is 382 g/mol. The highest BCUT2D eigenvalue weighted by molar-refractivity contribution is 5.84. The van der Waals surface area contributed by atoms with Gasteiger partial charge in [-0.3, -0.25) is 4.79 Å². The summed E-state index contributed by atoms with van der Waals surface area (Å²) >= 11 is 0. The lowest BCUT2D eigenvalue weighted by molar-refractivity contribution is -0.119. The maximum Gasteiger partial charge on any atom is 0.243 e. The number of aromatic nitrogens is 3. The Labute approximate surface area is 162 Å². The summed E-state index contributed by atoms with van der Waals surface area (Å²) in [6.45, 7) is 2.56. The molecule has 2 N–H and O–H groups in total. The van der Waals surface area contributed by atoms with Crippen molar-refractivity contribution in [1.29, 1.82) is 0 Å². The van der Waals surface area contributed by atoms with E-state index in [0.29, 0.717) is 35.9 Å². The maximum absolute atomic E-state index is 11.5. The van der Waals surface area contributed by atoms with Crippen LogP contribution in [0, 0.1) is 5.92 Å². The van der Waals surface area contributed by atoms with Crippen molar-refractivity contribution in [2.45, 2.75) is 19.4 Å². The quantitative estimate of drug-likeness (QED) is 0.680. The molecule has 1 aromatic carbocycles. The highest BCUT2D eigenvalue weighted by Gasteiger charge is 2.29. The molecule has 1 aliphatic rings. The Balaban J connectivity index is 1.70. The topological polar surface area (TPSA) is 98.4 Å². The van der Waals surface area contributed by atoms with Crippen LogP contribution in [-0.2, 0) is 4.79 Å². The lowest BCUT2D eigenvalue weighted by Gasteiger charge is -2.19. The zero-order chi connectivity index (χ0) is 19.7. The normalized spacial score (nSPS) is 17.4. The van der Waals surface area contributed by atoms with Gasteiger partial charge in [-0.15, -0.1) is 0 Å². The summed E-state index contributed by atoms with van der Waals surface area (Å²) in [5.41, 5.74) is 3.07. The van der Waals surface area contributed by atoms with Crippen LogP contribution < -0.4 is 19.5 Å². The summed E-state index contributed by atoms with van der Waals surface area (Å²) in [6, 6.07) is 7.54. The van der Waals surface area contributed by atoms with Gasteiger partial charge in [0.15, 0.2) is 17.0 Å². The average Bonchev–Trinajstić information content (AvgIpc) is 3.36. The Morgan fingerprint density at radius 1 is 1.18 bits per heavy atom. The molecule has 146 valence electrons. The minimum Gasteiger partial charge on any atom is -0.493 e. The van der Waals surface area contributed by atoms with E-state index < -0.39 is 0 Å². The number of amides is 1. The third kappa shape index (κ3) is 3.33. The van der Waals surface area contributed by atoms with Gasteiger partial charge in [-0.05, 0) is 31.2 Å². The third-order valence-corrected chi connectivity index (χ3v) is 5.02. The summed E-state index contributed by atoms with van der Waals surface area (Å²) < 4.78 is 16.8. The number of nitrogens with zero attached hydrogens (tertiary/aromatic N) is 2. The predicted octanol–water partition coefficient (Wildman–Crippen LogP) is 2.55. The van der Waals surface area contributed by atoms with Crippen LogP contribution in [0.4, 0.5) is 0 Å². The first kappa shape index (κ1) is 18.1. The number of aromatic amines is 1. The summed E-state index contributed by atoms with van der Waals surface area (Å²) in [7, 11) is 3.20. The van der Waals surface area contributed by atoms with E-state index in [-0.39, 0.29) is 17.9 Å². The van der Waals surface area contributed by atoms with Crippen molar-refractivity contribution in [2.24, 2.45) is 5.92 Å². The number of pyridine rings is 1. The number of nitrogens with one attached hydrogen (secondary N) is 2. The number of methoxy groups -OCH3 is 2. The first-order chi connectivity index (χ1) is 13.6. The first-order valence-corrected chi connectivity index (χ1v) is 9.09. The molecular formula is C20H22N4O4. The number of imidazole rings is 1. The van der Waals surface area contributed by atoms with Gasteiger partial charge in [-0.2, -0.15) is 0 Å². The van der Waals surface area contributed by atoms with Crippen molar-refractivity contribution >= 4 is 16.9 Å². The summed E-state index contributed by atoms with van der Waals surface area (Å²) in [4.78, 5) is 23.7. The zero-order valence-corrected chi connectivity index (χ0v) is 16.0. The number of carbonyl (C=O) groups is 1. The average molecular weight is 382 g/mol. The minimum atomic E-state index is -0.174. The van der Waals surface area contributed by atoms with Gasteiger partial charge in [0.2, 0.25) is 11.8 Å². The zero-order valence-electron chi connectivity index (χ0n) is 16.0. The third-order valence-electron chi connectivity index (χ3n) is 5.02. The van der Waals surface area contributed by atoms with Crippen LogP contribution >= 0.6 is 0 Å². The molecule has 1 fully saturated rings. The summed E-state index contributed by atoms with van der Waals surface area (Å²) in [5.74, 6) is 1.87. The van der Waals surface area contributed by atoms with Gasteiger partial charge in [0.05, 0.1) is 31.8 Å². The molecule has 0 spiro atoms. The van der Waals surface area contributed by atoms with E-state index in [1.54, 1.807) is 20.5 Å². The molecule has 8 nitrogen and oxygen atoms in total. The van der Waals surface area contributed by atoms with Crippen LogP contribution in [0.5, 0.6) is 17.4 Å². The minimum absolute atomic E-state index is 0.0532. The number of hydrogen-bond donors (Lipinski definition) is 2. The maximum atomic E-state index is 11.5. The Kier molecular flexibility index (Phi) is 4.77. The molecule has 2 unspecified atom stereocenters. The van der Waals surface area contributed by atoms with Gasteiger partial charge in [0.1, 0.15) is 6.10 Å². The Bertz CT molecular complexity index is 1020. The highest BCUT2D eigenvalue weighted by Crippen LogP contribution is 2.34. The van der Waals surface area contributed by atoms with E-state index in [1.807, 2.05) is 31.2 Å². The van der Waals surface area contributed by atoms with Crippen molar-refractivity contribution in [3.8, 4) is 28.6 Å². The van der Waals surface area contributed by atoms with Crippen molar-refractivity contribution in [1.82, 2.24) is 20.3 Å². The number of ether oxygens (including phenoxy) is 3. The van der Waals surface area contributed by atoms with Gasteiger partial charge in [-0.1, -0.05) is 0 Å². The van der Waals surface area contributed by atoms with Gasteiger partial charge in [-0.25, -0.2) is 9.97 Å². The molecule has 2 aromatic heterocycles. The van der Waals surface area contributed by atoms with Crippen molar-refractivity contribution in [3.05, 3.63) is 30.6 Å². The van der Waals surface area contributed by atoms with Crippen molar-refractivity contribution in [3.63, 3.8) is 0 Å². The molecule has 0 saturated carbocycles. The Morgan fingerprint density at radius 3 is 2.71 bits per heavy atom. The van der Waals surface area contributed by atoms with E-state index >= 15 is 0 Å². The van der Waals surface area contributed by atoms with Crippen LogP contribution in [-0.4, -0.2) is 47.7 Å². The lowest BCUT2D eigenvalue weighted by atomic mass is 10.0. The Hall–Kier alpha value is -3.29. The summed E-state index contributed by atoms with van der Waals surface area (Å²) in [6.07, 6.45) is 1.90. The van der Waals surface area contributed by atoms with Gasteiger partial charge in [0.25, 0.3) is 0 Å². The highest BCUT2D eigenvalue weighted by atomic mass is 16.5. The molecule has 1 aliphatic heterocycles. The van der Waals surface area contributed by atoms with Gasteiger partial charge < -0.3 is 24.5 Å². The standard InChI is InChI=1S/C20H22N4O4/c1-11(13-7-18(25)21-9-13)28-20-19-15(22-10-23-19)8-14(24-20)12-4-5-16(26-2)17(6-12)27-3/h4-6,8,10-11,13H,7,9H2,1-3H3,(H,21,25)(H,22,23). The number of H-pyrrole nitrogens is 1. The number of benzene rings is 1. The predicted molar refractivity (Wildman–Crippen MR) is 104 cm³/mol. The molecule has 28 heavy (non-hydrogen) atoms. The van der Waals surface area contributed by atoms with Crippen LogP contribution in [0.1, 0.15) is 13.3 Å². The molecule has 0 radical (unpaired) electrons. The molecule has 1 amide bonds. The van der Waals surface area contributed by atoms with Gasteiger partial charge in [0, 0.05) is 24.4 Å². The fourth-order valence-corrected chi connectivity index (χ4v) is 3.37. The number of hydrogen-bond acceptors (Lipinski definition) is 6. The smallest absolute Gasteiger partial charge is 0.243 e. The van der Waals surface area contributed by atoms with E-state index in [9.17, 15) is 4.79 Å². The van der Waals surface area contributed by atoms with E-state index in [0.717, 1.165) is 16.8 Å². The van der Waals surface area contributed by atoms with Crippen LogP contribution in [0.15, 0.2) is 30.6 Å². The van der Waals surface area contributed by atoms with E-state index in [2.05, 4.69) is 15.3 Å². The molecule has 0 aliphatic carbocycles. The molecule has 4 rings (SSSR count). The van der Waals surface area contributed by atoms with E-state index in [1.165, 1.54) is 0 Å². The SMILES string of the molecule is COc1ccc(-c2cc3[nH]cnc3c(OC(C)C3CNC(=O)C3)n2)cc1OC. The molecule has 3 heterocycles. The second-order valence-corrected chi connectivity index (χ2v) is 6.77. The molecule has 0 bridgehead atoms. The van der Waals surface area contributed by atoms with Gasteiger partial charge >= 0.3 is 0 Å². The first-order valence-electron chi connectivity index (χ1n) is 9.09. The molecule has 2 atom stereocenters. The van der Waals surface area contributed by atoms with E-state index in [4.69, 9.17) is 19.2 Å². The van der Waals surface area contributed by atoms with Crippen LogP contribution in [0.25, 0.3) is 22.3 Å². The summed E-state index contributed by atoms with van der Waals surface area (Å²) in [5, 5.41) is 2.84. The number of carbonyl (C=O) groups excluding carboxylic acids is 1. The second kappa shape index (κ2) is 7.38. The molecule has 8 heteroatoms. The second-order valence-electron chi connectivity index (χ2n) is 6.77. The number of fused-ring (bicyclic) bond motifs is 1. The van der Waals surface area contributed by atoms with Crippen LogP contribution in [0.3, 0.4) is 0 Å². The van der Waals surface area contributed by atoms with Crippen molar-refractivity contribution in [2.75, 3.05) is 20.8 Å². The van der Waals surface area contributed by atoms with Crippen LogP contribution in [0.2, 0.25) is 0 Å². The largest absolute Gasteiger partial charge is 0.493 e. The molecular weight excluding hydrogens is 360 g/mol. The lowest BCUT2D eigenvalue weighted by Crippen LogP contribution is -2.26. The fraction of sp³-hybridized carbons (Fsp3) is 0.350. The molecule has 3 aromatic rings. The molecule has 1 saturated heterocycles. The number of rotatable bonds is 6. The fourth-order valence-electron chi connectivity index (χ4n) is 3.37. The van der Waals surface area contributed by atoms with Crippen molar-refractivity contribution < 1.29 is 19.0 Å². The Morgan fingerprint density at radius 2 is 2.00 bits per heavy atom.